The third-order valence-electron chi connectivity index (χ3n) is 4.23. The fraction of sp³-hybridized carbons (Fsp3) is 0.278. The molecular formula is C18H20N2O4S. The molecule has 6 nitrogen and oxygen atoms in total. The molecule has 1 heterocycles. The minimum absolute atomic E-state index is 0.186. The second kappa shape index (κ2) is 6.85. The van der Waals surface area contributed by atoms with Crippen LogP contribution in [0.2, 0.25) is 0 Å². The number of amides is 1. The van der Waals surface area contributed by atoms with Crippen LogP contribution >= 0.6 is 0 Å². The molecule has 3 rings (SSSR count). The molecule has 0 radical (unpaired) electrons. The Bertz CT molecular complexity index is 861. The number of benzene rings is 2. The first-order chi connectivity index (χ1) is 11.9. The Morgan fingerprint density at radius 1 is 1.08 bits per heavy atom. The van der Waals surface area contributed by atoms with Crippen LogP contribution in [0.1, 0.15) is 17.2 Å². The highest BCUT2D eigenvalue weighted by Crippen LogP contribution is 2.30. The normalized spacial score (nSPS) is 18.6. The zero-order chi connectivity index (χ0) is 18.0. The van der Waals surface area contributed by atoms with Gasteiger partial charge in [0, 0.05) is 13.1 Å². The van der Waals surface area contributed by atoms with Crippen LogP contribution in [0.3, 0.4) is 0 Å². The lowest BCUT2D eigenvalue weighted by molar-refractivity contribution is -0.126. The number of nitrogens with zero attached hydrogens (tertiary/aromatic N) is 1. The lowest BCUT2D eigenvalue weighted by Crippen LogP contribution is -2.52. The second-order valence-electron chi connectivity index (χ2n) is 5.90. The van der Waals surface area contributed by atoms with E-state index in [0.29, 0.717) is 11.3 Å². The number of carbonyl (C=O) groups is 1. The molecule has 132 valence electrons. The van der Waals surface area contributed by atoms with E-state index in [-0.39, 0.29) is 23.9 Å². The number of nitrogens with one attached hydrogen (secondary N) is 1. The summed E-state index contributed by atoms with van der Waals surface area (Å²) in [6.07, 6.45) is 0. The van der Waals surface area contributed by atoms with Crippen LogP contribution in [0.5, 0.6) is 5.75 Å². The topological polar surface area (TPSA) is 75.7 Å². The van der Waals surface area contributed by atoms with Gasteiger partial charge in [0.25, 0.3) is 0 Å². The zero-order valence-electron chi connectivity index (χ0n) is 14.1. The number of hydrogen-bond acceptors (Lipinski definition) is 4. The van der Waals surface area contributed by atoms with Crippen molar-refractivity contribution in [2.24, 2.45) is 0 Å². The van der Waals surface area contributed by atoms with Gasteiger partial charge in [0.2, 0.25) is 15.9 Å². The second-order valence-corrected chi connectivity index (χ2v) is 7.79. The van der Waals surface area contributed by atoms with E-state index in [1.807, 2.05) is 6.92 Å². The molecule has 1 saturated heterocycles. The molecule has 1 fully saturated rings. The minimum Gasteiger partial charge on any atom is -0.497 e. The smallest absolute Gasteiger partial charge is 0.244 e. The van der Waals surface area contributed by atoms with Crippen molar-refractivity contribution in [2.75, 3.05) is 20.2 Å². The van der Waals surface area contributed by atoms with Gasteiger partial charge >= 0.3 is 0 Å². The summed E-state index contributed by atoms with van der Waals surface area (Å²) in [5, 5.41) is 2.75. The molecule has 0 bridgehead atoms. The number of ether oxygens (including phenoxy) is 1. The summed E-state index contributed by atoms with van der Waals surface area (Å²) in [4.78, 5) is 12.6. The third-order valence-corrected chi connectivity index (χ3v) is 6.11. The molecule has 0 saturated carbocycles. The van der Waals surface area contributed by atoms with Gasteiger partial charge in [-0.25, -0.2) is 8.42 Å². The van der Waals surface area contributed by atoms with Crippen LogP contribution in [0, 0.1) is 6.92 Å². The maximum Gasteiger partial charge on any atom is 0.244 e. The van der Waals surface area contributed by atoms with Crippen LogP contribution in [0.15, 0.2) is 53.4 Å². The average molecular weight is 360 g/mol. The number of rotatable bonds is 4. The molecule has 25 heavy (non-hydrogen) atoms. The van der Waals surface area contributed by atoms with Gasteiger partial charge in [-0.3, -0.25) is 4.79 Å². The van der Waals surface area contributed by atoms with Crippen LogP contribution in [-0.2, 0) is 14.8 Å². The Labute approximate surface area is 147 Å². The summed E-state index contributed by atoms with van der Waals surface area (Å²) in [6, 6.07) is 12.6. The Kier molecular flexibility index (Phi) is 4.78. The van der Waals surface area contributed by atoms with Crippen LogP contribution in [0.4, 0.5) is 0 Å². The number of sulfonamides is 1. The molecule has 0 spiro atoms. The van der Waals surface area contributed by atoms with Crippen LogP contribution in [0.25, 0.3) is 0 Å². The third kappa shape index (κ3) is 3.38. The van der Waals surface area contributed by atoms with Gasteiger partial charge in [-0.1, -0.05) is 29.8 Å². The standard InChI is InChI=1S/C18H20N2O4S/c1-13-3-9-16(10-4-13)25(22,23)20-12-11-19-18(21)17(20)14-5-7-15(24-2)8-6-14/h3-10,17H,11-12H2,1-2H3,(H,19,21). The fourth-order valence-electron chi connectivity index (χ4n) is 2.85. The van der Waals surface area contributed by atoms with Crippen LogP contribution in [-0.4, -0.2) is 38.8 Å². The largest absolute Gasteiger partial charge is 0.497 e. The molecule has 1 N–H and O–H groups in total. The molecule has 1 aliphatic rings. The van der Waals surface area contributed by atoms with E-state index in [9.17, 15) is 13.2 Å². The van der Waals surface area contributed by atoms with E-state index in [0.717, 1.165) is 5.56 Å². The number of hydrogen-bond donors (Lipinski definition) is 1. The maximum atomic E-state index is 13.1. The van der Waals surface area contributed by atoms with Gasteiger partial charge in [-0.2, -0.15) is 4.31 Å². The molecule has 2 aromatic rings. The fourth-order valence-corrected chi connectivity index (χ4v) is 4.43. The number of piperazine rings is 1. The quantitative estimate of drug-likeness (QED) is 0.903. The predicted molar refractivity (Wildman–Crippen MR) is 93.8 cm³/mol. The highest BCUT2D eigenvalue weighted by Gasteiger charge is 2.39. The molecule has 0 aliphatic carbocycles. The van der Waals surface area contributed by atoms with Crippen molar-refractivity contribution < 1.29 is 17.9 Å². The van der Waals surface area contributed by atoms with E-state index in [1.54, 1.807) is 55.6 Å². The summed E-state index contributed by atoms with van der Waals surface area (Å²) in [5.74, 6) is 0.319. The van der Waals surface area contributed by atoms with E-state index >= 15 is 0 Å². The van der Waals surface area contributed by atoms with Crippen molar-refractivity contribution >= 4 is 15.9 Å². The van der Waals surface area contributed by atoms with Gasteiger partial charge < -0.3 is 10.1 Å². The first-order valence-electron chi connectivity index (χ1n) is 7.93. The molecule has 1 amide bonds. The molecule has 7 heteroatoms. The SMILES string of the molecule is COc1ccc(C2C(=O)NCCN2S(=O)(=O)c2ccc(C)cc2)cc1. The van der Waals surface area contributed by atoms with Crippen LogP contribution < -0.4 is 10.1 Å². The van der Waals surface area contributed by atoms with Crippen molar-refractivity contribution in [3.63, 3.8) is 0 Å². The molecule has 1 atom stereocenters. The monoisotopic (exact) mass is 360 g/mol. The summed E-state index contributed by atoms with van der Waals surface area (Å²) in [7, 11) is -2.23. The summed E-state index contributed by atoms with van der Waals surface area (Å²) >= 11 is 0. The molecule has 0 aromatic heterocycles. The van der Waals surface area contributed by atoms with Gasteiger partial charge in [0.05, 0.1) is 12.0 Å². The number of aryl methyl sites for hydroxylation is 1. The van der Waals surface area contributed by atoms with Gasteiger partial charge in [-0.05, 0) is 36.8 Å². The lowest BCUT2D eigenvalue weighted by Gasteiger charge is -2.34. The first-order valence-corrected chi connectivity index (χ1v) is 9.37. The molecule has 1 unspecified atom stereocenters. The van der Waals surface area contributed by atoms with Crippen molar-refractivity contribution in [3.05, 3.63) is 59.7 Å². The van der Waals surface area contributed by atoms with Crippen molar-refractivity contribution in [2.45, 2.75) is 17.9 Å². The van der Waals surface area contributed by atoms with Gasteiger partial charge in [0.15, 0.2) is 0 Å². The molecule has 1 aliphatic heterocycles. The predicted octanol–water partition coefficient (Wildman–Crippen LogP) is 1.87. The van der Waals surface area contributed by atoms with Crippen molar-refractivity contribution in [1.29, 1.82) is 0 Å². The average Bonchev–Trinajstić information content (AvgIpc) is 2.62. The first kappa shape index (κ1) is 17.4. The van der Waals surface area contributed by atoms with Gasteiger partial charge in [-0.15, -0.1) is 0 Å². The Morgan fingerprint density at radius 2 is 1.72 bits per heavy atom. The molecule has 2 aromatic carbocycles. The summed E-state index contributed by atoms with van der Waals surface area (Å²) in [5.41, 5.74) is 1.58. The van der Waals surface area contributed by atoms with E-state index in [1.165, 1.54) is 4.31 Å². The van der Waals surface area contributed by atoms with Crippen molar-refractivity contribution in [3.8, 4) is 5.75 Å². The van der Waals surface area contributed by atoms with Crippen molar-refractivity contribution in [1.82, 2.24) is 9.62 Å². The molecular weight excluding hydrogens is 340 g/mol. The van der Waals surface area contributed by atoms with E-state index < -0.39 is 16.1 Å². The van der Waals surface area contributed by atoms with E-state index in [4.69, 9.17) is 4.74 Å². The van der Waals surface area contributed by atoms with E-state index in [2.05, 4.69) is 5.32 Å². The number of methoxy groups -OCH3 is 1. The number of carbonyl (C=O) groups excluding carboxylic acids is 1. The summed E-state index contributed by atoms with van der Waals surface area (Å²) < 4.78 is 32.5. The highest BCUT2D eigenvalue weighted by atomic mass is 32.2. The Hall–Kier alpha value is -2.38. The Balaban J connectivity index is 2.01. The minimum atomic E-state index is -3.78. The highest BCUT2D eigenvalue weighted by molar-refractivity contribution is 7.89. The maximum absolute atomic E-state index is 13.1. The zero-order valence-corrected chi connectivity index (χ0v) is 14.9. The lowest BCUT2D eigenvalue weighted by atomic mass is 10.0. The van der Waals surface area contributed by atoms with Gasteiger partial charge in [0.1, 0.15) is 11.8 Å². The summed E-state index contributed by atoms with van der Waals surface area (Å²) in [6.45, 7) is 2.40. The Morgan fingerprint density at radius 3 is 2.32 bits per heavy atom.